The zero-order chi connectivity index (χ0) is 19.2. The molecule has 2 aromatic rings. The van der Waals surface area contributed by atoms with Crippen molar-refractivity contribution in [2.75, 3.05) is 6.61 Å². The zero-order valence-electron chi connectivity index (χ0n) is 14.4. The first-order chi connectivity index (χ1) is 12.3. The molecule has 0 unspecified atom stereocenters. The molecule has 1 N–H and O–H groups in total. The van der Waals surface area contributed by atoms with Crippen LogP contribution in [0.5, 0.6) is 5.88 Å². The molecule has 0 aliphatic heterocycles. The lowest BCUT2D eigenvalue weighted by Crippen LogP contribution is -2.09. The maximum Gasteiger partial charge on any atom is 0.416 e. The average molecular weight is 370 g/mol. The van der Waals surface area contributed by atoms with E-state index in [2.05, 4.69) is 5.10 Å². The van der Waals surface area contributed by atoms with Gasteiger partial charge in [0, 0.05) is 11.8 Å². The molecule has 0 aliphatic carbocycles. The molecule has 8 heteroatoms. The van der Waals surface area contributed by atoms with Crippen molar-refractivity contribution in [3.63, 3.8) is 0 Å². The van der Waals surface area contributed by atoms with Gasteiger partial charge in [-0.3, -0.25) is 9.48 Å². The summed E-state index contributed by atoms with van der Waals surface area (Å²) in [5.74, 6) is -0.536. The number of carboxylic acids is 1. The quantitative estimate of drug-likeness (QED) is 0.674. The Bertz CT molecular complexity index is 724. The van der Waals surface area contributed by atoms with Crippen LogP contribution in [-0.4, -0.2) is 27.5 Å². The van der Waals surface area contributed by atoms with Gasteiger partial charge in [0.25, 0.3) is 0 Å². The van der Waals surface area contributed by atoms with Gasteiger partial charge in [-0.15, -0.1) is 5.10 Å². The van der Waals surface area contributed by atoms with Crippen molar-refractivity contribution < 1.29 is 27.8 Å². The first-order valence-corrected chi connectivity index (χ1v) is 8.37. The number of alkyl halides is 3. The number of aryl methyl sites for hydroxylation is 1. The normalized spacial score (nSPS) is 11.5. The lowest BCUT2D eigenvalue weighted by Gasteiger charge is -2.09. The Morgan fingerprint density at radius 2 is 1.96 bits per heavy atom. The third kappa shape index (κ3) is 5.79. The Balaban J connectivity index is 2.15. The van der Waals surface area contributed by atoms with E-state index in [1.54, 1.807) is 10.7 Å². The summed E-state index contributed by atoms with van der Waals surface area (Å²) in [5, 5.41) is 13.2. The molecule has 0 atom stereocenters. The highest BCUT2D eigenvalue weighted by Gasteiger charge is 2.29. The summed E-state index contributed by atoms with van der Waals surface area (Å²) in [6.07, 6.45) is -2.33. The van der Waals surface area contributed by atoms with Crippen molar-refractivity contribution >= 4 is 5.97 Å². The third-order valence-corrected chi connectivity index (χ3v) is 3.80. The predicted octanol–water partition coefficient (Wildman–Crippen LogP) is 4.15. The fourth-order valence-corrected chi connectivity index (χ4v) is 2.37. The molecule has 1 heterocycles. The number of nitrogens with zero attached hydrogens (tertiary/aromatic N) is 2. The molecular weight excluding hydrogens is 349 g/mol. The van der Waals surface area contributed by atoms with Crippen molar-refractivity contribution in [3.8, 4) is 5.88 Å². The molecule has 2 rings (SSSR count). The molecule has 0 saturated heterocycles. The lowest BCUT2D eigenvalue weighted by molar-refractivity contribution is -0.138. The Morgan fingerprint density at radius 1 is 1.27 bits per heavy atom. The van der Waals surface area contributed by atoms with Crippen LogP contribution in [0.25, 0.3) is 0 Å². The molecule has 0 saturated carbocycles. The highest BCUT2D eigenvalue weighted by atomic mass is 19.4. The van der Waals surface area contributed by atoms with Crippen molar-refractivity contribution in [1.29, 1.82) is 0 Å². The van der Waals surface area contributed by atoms with Gasteiger partial charge in [-0.2, -0.15) is 13.2 Å². The van der Waals surface area contributed by atoms with Gasteiger partial charge in [-0.25, -0.2) is 0 Å². The first kappa shape index (κ1) is 19.8. The van der Waals surface area contributed by atoms with E-state index in [4.69, 9.17) is 9.84 Å². The average Bonchev–Trinajstić information content (AvgIpc) is 2.94. The Morgan fingerprint density at radius 3 is 2.54 bits per heavy atom. The van der Waals surface area contributed by atoms with Gasteiger partial charge in [0.15, 0.2) is 0 Å². The van der Waals surface area contributed by atoms with Gasteiger partial charge in [0.2, 0.25) is 5.88 Å². The minimum Gasteiger partial charge on any atom is -0.481 e. The highest BCUT2D eigenvalue weighted by molar-refractivity contribution is 5.67. The van der Waals surface area contributed by atoms with Gasteiger partial charge in [-0.1, -0.05) is 25.5 Å². The van der Waals surface area contributed by atoms with Gasteiger partial charge in [0.1, 0.15) is 0 Å². The number of halogens is 3. The second-order valence-corrected chi connectivity index (χ2v) is 5.92. The maximum absolute atomic E-state index is 12.6. The van der Waals surface area contributed by atoms with Crippen LogP contribution in [0, 0.1) is 0 Å². The Kier molecular flexibility index (Phi) is 6.65. The molecule has 1 aromatic heterocycles. The van der Waals surface area contributed by atoms with Crippen molar-refractivity contribution in [1.82, 2.24) is 9.78 Å². The number of unbranched alkanes of at least 4 members (excludes halogenated alkanes) is 1. The largest absolute Gasteiger partial charge is 0.481 e. The van der Waals surface area contributed by atoms with E-state index in [0.717, 1.165) is 25.0 Å². The van der Waals surface area contributed by atoms with Crippen LogP contribution in [0.15, 0.2) is 30.3 Å². The van der Waals surface area contributed by atoms with E-state index in [1.165, 1.54) is 12.1 Å². The fraction of sp³-hybridized carbons (Fsp3) is 0.444. The molecule has 0 amide bonds. The van der Waals surface area contributed by atoms with Crippen LogP contribution >= 0.6 is 0 Å². The number of benzene rings is 1. The van der Waals surface area contributed by atoms with Crippen LogP contribution in [0.3, 0.4) is 0 Å². The molecular formula is C18H21F3N2O3. The number of carbonyl (C=O) groups is 1. The van der Waals surface area contributed by atoms with Crippen LogP contribution in [0.4, 0.5) is 13.2 Å². The minimum atomic E-state index is -4.38. The van der Waals surface area contributed by atoms with E-state index in [-0.39, 0.29) is 19.4 Å². The van der Waals surface area contributed by atoms with E-state index < -0.39 is 17.7 Å². The number of hydrogen-bond acceptors (Lipinski definition) is 3. The summed E-state index contributed by atoms with van der Waals surface area (Å²) in [4.78, 5) is 10.8. The van der Waals surface area contributed by atoms with E-state index in [0.29, 0.717) is 23.7 Å². The van der Waals surface area contributed by atoms with Crippen molar-refractivity contribution in [2.24, 2.45) is 0 Å². The van der Waals surface area contributed by atoms with Gasteiger partial charge in [-0.05, 0) is 30.5 Å². The van der Waals surface area contributed by atoms with E-state index in [1.807, 2.05) is 6.92 Å². The SMILES string of the molecule is CCCCOc1cc(CCC(=O)O)n(Cc2ccc(C(F)(F)F)cc2)n1. The molecule has 142 valence electrons. The van der Waals surface area contributed by atoms with Crippen LogP contribution in [0.1, 0.15) is 43.0 Å². The third-order valence-electron chi connectivity index (χ3n) is 3.80. The number of carboxylic acid groups (broad SMARTS) is 1. The second-order valence-electron chi connectivity index (χ2n) is 5.92. The summed E-state index contributed by atoms with van der Waals surface area (Å²) in [5.41, 5.74) is 0.591. The molecule has 5 nitrogen and oxygen atoms in total. The zero-order valence-corrected chi connectivity index (χ0v) is 14.4. The molecule has 0 bridgehead atoms. The topological polar surface area (TPSA) is 64.3 Å². The number of rotatable bonds is 9. The van der Waals surface area contributed by atoms with E-state index >= 15 is 0 Å². The summed E-state index contributed by atoms with van der Waals surface area (Å²) in [7, 11) is 0. The maximum atomic E-state index is 12.6. The van der Waals surface area contributed by atoms with Crippen LogP contribution in [0.2, 0.25) is 0 Å². The Hall–Kier alpha value is -2.51. The van der Waals surface area contributed by atoms with Gasteiger partial charge < -0.3 is 9.84 Å². The van der Waals surface area contributed by atoms with Gasteiger partial charge in [0.05, 0.1) is 25.1 Å². The number of aromatic nitrogens is 2. The standard InChI is InChI=1S/C18H21F3N2O3/c1-2-3-10-26-16-11-15(8-9-17(24)25)23(22-16)12-13-4-6-14(7-5-13)18(19,20)21/h4-7,11H,2-3,8-10,12H2,1H3,(H,24,25). The first-order valence-electron chi connectivity index (χ1n) is 8.37. The monoisotopic (exact) mass is 370 g/mol. The van der Waals surface area contributed by atoms with Crippen molar-refractivity contribution in [2.45, 2.75) is 45.3 Å². The van der Waals surface area contributed by atoms with Gasteiger partial charge >= 0.3 is 12.1 Å². The Labute approximate surface area is 149 Å². The van der Waals surface area contributed by atoms with E-state index in [9.17, 15) is 18.0 Å². The molecule has 1 aromatic carbocycles. The number of aliphatic carboxylic acids is 1. The highest BCUT2D eigenvalue weighted by Crippen LogP contribution is 2.29. The molecule has 0 fully saturated rings. The molecule has 0 aliphatic rings. The van der Waals surface area contributed by atoms with Crippen LogP contribution < -0.4 is 4.74 Å². The minimum absolute atomic E-state index is 0.0624. The number of ether oxygens (including phenoxy) is 1. The summed E-state index contributed by atoms with van der Waals surface area (Å²) in [6.45, 7) is 2.78. The summed E-state index contributed by atoms with van der Waals surface area (Å²) < 4.78 is 45.1. The summed E-state index contributed by atoms with van der Waals surface area (Å²) >= 11 is 0. The molecule has 0 radical (unpaired) electrons. The number of hydrogen-bond donors (Lipinski definition) is 1. The molecule has 26 heavy (non-hydrogen) atoms. The summed E-state index contributed by atoms with van der Waals surface area (Å²) in [6, 6.07) is 6.51. The predicted molar refractivity (Wildman–Crippen MR) is 89.1 cm³/mol. The smallest absolute Gasteiger partial charge is 0.416 e. The molecule has 0 spiro atoms. The van der Waals surface area contributed by atoms with Crippen LogP contribution in [-0.2, 0) is 23.9 Å². The fourth-order valence-electron chi connectivity index (χ4n) is 2.37. The van der Waals surface area contributed by atoms with Crippen molar-refractivity contribution in [3.05, 3.63) is 47.2 Å². The second kappa shape index (κ2) is 8.73. The lowest BCUT2D eigenvalue weighted by atomic mass is 10.1.